The van der Waals surface area contributed by atoms with Crippen LogP contribution in [-0.4, -0.2) is 83.2 Å². The number of hydrogen-bond donors (Lipinski definition) is 1. The number of Topliss-reactive ketones (excluding diaryl/α,β-unsaturated/α-hetero) is 2. The van der Waals surface area contributed by atoms with Crippen molar-refractivity contribution in [3.8, 4) is 0 Å². The first-order chi connectivity index (χ1) is 14.7. The average Bonchev–Trinajstić information content (AvgIpc) is 2.68. The zero-order valence-corrected chi connectivity index (χ0v) is 19.8. The highest BCUT2D eigenvalue weighted by atomic mass is 16.6. The van der Waals surface area contributed by atoms with Crippen LogP contribution < -0.4 is 5.32 Å². The molecule has 0 heterocycles. The van der Waals surface area contributed by atoms with E-state index in [9.17, 15) is 14.4 Å². The average molecular weight is 448 g/mol. The van der Waals surface area contributed by atoms with Gasteiger partial charge in [0, 0.05) is 46.7 Å². The Balaban J connectivity index is 4.47. The molecule has 1 atom stereocenters. The van der Waals surface area contributed by atoms with E-state index in [2.05, 4.69) is 5.32 Å². The summed E-state index contributed by atoms with van der Waals surface area (Å²) >= 11 is 0. The molecule has 0 bridgehead atoms. The maximum atomic E-state index is 12.6. The highest BCUT2D eigenvalue weighted by molar-refractivity contribution is 5.88. The van der Waals surface area contributed by atoms with Gasteiger partial charge >= 0.3 is 6.09 Å². The zero-order valence-electron chi connectivity index (χ0n) is 19.8. The van der Waals surface area contributed by atoms with Gasteiger partial charge in [-0.05, 0) is 40.0 Å². The quantitative estimate of drug-likeness (QED) is 0.301. The molecule has 0 radical (unpaired) electrons. The van der Waals surface area contributed by atoms with Crippen LogP contribution in [0.15, 0.2) is 0 Å². The van der Waals surface area contributed by atoms with Gasteiger partial charge in [-0.2, -0.15) is 0 Å². The van der Waals surface area contributed by atoms with Crippen molar-refractivity contribution in [2.45, 2.75) is 70.9 Å². The van der Waals surface area contributed by atoms with Gasteiger partial charge in [-0.3, -0.25) is 9.59 Å². The summed E-state index contributed by atoms with van der Waals surface area (Å²) in [5.74, 6) is -0.112. The van der Waals surface area contributed by atoms with Crippen LogP contribution in [0.2, 0.25) is 0 Å². The Kier molecular flexibility index (Phi) is 17.2. The molecule has 0 aliphatic rings. The van der Waals surface area contributed by atoms with E-state index in [1.165, 1.54) is 0 Å². The molecule has 0 fully saturated rings. The van der Waals surface area contributed by atoms with Gasteiger partial charge in [0.15, 0.2) is 5.78 Å². The Hall–Kier alpha value is -1.55. The van der Waals surface area contributed by atoms with Gasteiger partial charge in [0.25, 0.3) is 0 Å². The van der Waals surface area contributed by atoms with Gasteiger partial charge in [0.1, 0.15) is 11.4 Å². The molecule has 0 aromatic heterocycles. The van der Waals surface area contributed by atoms with E-state index in [-0.39, 0.29) is 30.8 Å². The van der Waals surface area contributed by atoms with Crippen LogP contribution in [0.1, 0.15) is 59.3 Å². The van der Waals surface area contributed by atoms with Crippen LogP contribution in [0.5, 0.6) is 0 Å². The third kappa shape index (κ3) is 18.9. The lowest BCUT2D eigenvalue weighted by Crippen LogP contribution is -2.43. The van der Waals surface area contributed by atoms with Gasteiger partial charge in [-0.15, -0.1) is 0 Å². The van der Waals surface area contributed by atoms with Gasteiger partial charge in [-0.25, -0.2) is 4.79 Å². The molecule has 31 heavy (non-hydrogen) atoms. The number of rotatable bonds is 19. The topological polar surface area (TPSA) is 109 Å². The summed E-state index contributed by atoms with van der Waals surface area (Å²) in [5.41, 5.74) is -0.675. The van der Waals surface area contributed by atoms with Crippen molar-refractivity contribution in [1.29, 1.82) is 0 Å². The lowest BCUT2D eigenvalue weighted by molar-refractivity contribution is -0.122. The Labute approximate surface area is 186 Å². The molecule has 0 saturated heterocycles. The second-order valence-electron chi connectivity index (χ2n) is 8.16. The van der Waals surface area contributed by atoms with Gasteiger partial charge < -0.3 is 29.0 Å². The minimum atomic E-state index is -0.768. The molecule has 0 rings (SSSR count). The third-order valence-electron chi connectivity index (χ3n) is 4.11. The van der Waals surface area contributed by atoms with Crippen LogP contribution >= 0.6 is 0 Å². The second-order valence-corrected chi connectivity index (χ2v) is 8.16. The van der Waals surface area contributed by atoms with Gasteiger partial charge in [-0.1, -0.05) is 0 Å². The number of carbonyl (C=O) groups excluding carboxylic acids is 3. The first kappa shape index (κ1) is 29.5. The van der Waals surface area contributed by atoms with E-state index >= 15 is 0 Å². The van der Waals surface area contributed by atoms with Crippen molar-refractivity contribution in [3.63, 3.8) is 0 Å². The first-order valence-corrected chi connectivity index (χ1v) is 10.9. The summed E-state index contributed by atoms with van der Waals surface area (Å²) in [5, 5.41) is 2.62. The van der Waals surface area contributed by atoms with E-state index < -0.39 is 17.7 Å². The van der Waals surface area contributed by atoms with E-state index in [0.717, 1.165) is 0 Å². The number of ketones is 2. The molecular formula is C22H41NO8. The smallest absolute Gasteiger partial charge is 0.408 e. The monoisotopic (exact) mass is 447 g/mol. The molecule has 9 heteroatoms. The SMILES string of the molecule is COCCOCCCC(=O)CC[C@H](NC(=O)OC(C)(C)C)C(=O)CCCOCCOC. The fourth-order valence-corrected chi connectivity index (χ4v) is 2.58. The lowest BCUT2D eigenvalue weighted by atomic mass is 10.0. The molecule has 0 spiro atoms. The minimum Gasteiger partial charge on any atom is -0.444 e. The van der Waals surface area contributed by atoms with Crippen molar-refractivity contribution in [2.24, 2.45) is 0 Å². The maximum Gasteiger partial charge on any atom is 0.408 e. The first-order valence-electron chi connectivity index (χ1n) is 10.9. The molecule has 0 aromatic rings. The normalized spacial score (nSPS) is 12.4. The van der Waals surface area contributed by atoms with Crippen LogP contribution in [0.3, 0.4) is 0 Å². The summed E-state index contributed by atoms with van der Waals surface area (Å²) in [6.45, 7) is 8.13. The van der Waals surface area contributed by atoms with Crippen LogP contribution in [0.4, 0.5) is 4.79 Å². The summed E-state index contributed by atoms with van der Waals surface area (Å²) in [7, 11) is 3.19. The number of nitrogens with one attached hydrogen (secondary N) is 1. The van der Waals surface area contributed by atoms with Crippen LogP contribution in [-0.2, 0) is 33.3 Å². The molecule has 9 nitrogen and oxygen atoms in total. The summed E-state index contributed by atoms with van der Waals surface area (Å²) in [6.07, 6.45) is 1.53. The Morgan fingerprint density at radius 3 is 1.84 bits per heavy atom. The molecule has 0 aromatic carbocycles. The Morgan fingerprint density at radius 1 is 0.774 bits per heavy atom. The van der Waals surface area contributed by atoms with E-state index in [1.807, 2.05) is 0 Å². The zero-order chi connectivity index (χ0) is 23.5. The van der Waals surface area contributed by atoms with Crippen LogP contribution in [0, 0.1) is 0 Å². The predicted molar refractivity (Wildman–Crippen MR) is 116 cm³/mol. The molecule has 0 saturated carbocycles. The number of ether oxygens (including phenoxy) is 5. The van der Waals surface area contributed by atoms with Crippen molar-refractivity contribution in [2.75, 3.05) is 53.9 Å². The van der Waals surface area contributed by atoms with Gasteiger partial charge in [0.2, 0.25) is 0 Å². The summed E-state index contributed by atoms with van der Waals surface area (Å²) < 4.78 is 25.8. The fraction of sp³-hybridized carbons (Fsp3) is 0.864. The van der Waals surface area contributed by atoms with E-state index in [0.29, 0.717) is 58.9 Å². The molecule has 1 N–H and O–H groups in total. The van der Waals surface area contributed by atoms with Crippen molar-refractivity contribution >= 4 is 17.7 Å². The van der Waals surface area contributed by atoms with Crippen molar-refractivity contribution in [3.05, 3.63) is 0 Å². The minimum absolute atomic E-state index is 0.0297. The van der Waals surface area contributed by atoms with Crippen LogP contribution in [0.25, 0.3) is 0 Å². The molecule has 1 amide bonds. The second kappa shape index (κ2) is 18.1. The van der Waals surface area contributed by atoms with Gasteiger partial charge in [0.05, 0.1) is 32.5 Å². The number of alkyl carbamates (subject to hydrolysis) is 1. The Morgan fingerprint density at radius 2 is 1.32 bits per heavy atom. The molecular weight excluding hydrogens is 406 g/mol. The molecule has 0 unspecified atom stereocenters. The largest absolute Gasteiger partial charge is 0.444 e. The fourth-order valence-electron chi connectivity index (χ4n) is 2.58. The number of amides is 1. The Bertz CT molecular complexity index is 504. The van der Waals surface area contributed by atoms with E-state index in [4.69, 9.17) is 23.7 Å². The van der Waals surface area contributed by atoms with Crippen molar-refractivity contribution in [1.82, 2.24) is 5.32 Å². The highest BCUT2D eigenvalue weighted by Gasteiger charge is 2.24. The number of methoxy groups -OCH3 is 2. The third-order valence-corrected chi connectivity index (χ3v) is 4.11. The van der Waals surface area contributed by atoms with Crippen molar-refractivity contribution < 1.29 is 38.1 Å². The molecule has 0 aliphatic carbocycles. The number of hydrogen-bond acceptors (Lipinski definition) is 8. The molecule has 182 valence electrons. The van der Waals surface area contributed by atoms with E-state index in [1.54, 1.807) is 35.0 Å². The summed E-state index contributed by atoms with van der Waals surface area (Å²) in [4.78, 5) is 36.9. The molecule has 0 aliphatic heterocycles. The summed E-state index contributed by atoms with van der Waals surface area (Å²) in [6, 6.07) is -0.768. The highest BCUT2D eigenvalue weighted by Crippen LogP contribution is 2.11. The predicted octanol–water partition coefficient (Wildman–Crippen LogP) is 2.68. The lowest BCUT2D eigenvalue weighted by Gasteiger charge is -2.23. The maximum absolute atomic E-state index is 12.6. The number of carbonyl (C=O) groups is 3. The standard InChI is InChI=1S/C22H41NO8/c1-22(2,3)31-21(26)23-19(20(25)9-7-13-30-17-15-28-5)11-10-18(24)8-6-12-29-16-14-27-4/h19H,6-17H2,1-5H3,(H,23,26)/t19-/m0/s1.